The first kappa shape index (κ1) is 27.5. The quantitative estimate of drug-likeness (QED) is 0.328. The molecule has 0 spiro atoms. The summed E-state index contributed by atoms with van der Waals surface area (Å²) in [4.78, 5) is 14.2. The van der Waals surface area contributed by atoms with Crippen LogP contribution in [0.3, 0.4) is 0 Å². The maximum absolute atomic E-state index is 15.4. The van der Waals surface area contributed by atoms with Crippen molar-refractivity contribution in [1.29, 1.82) is 0 Å². The van der Waals surface area contributed by atoms with E-state index in [1.165, 1.54) is 17.4 Å². The smallest absolute Gasteiger partial charge is 0.237 e. The molecule has 1 aromatic heterocycles. The number of benzene rings is 1. The highest BCUT2D eigenvalue weighted by molar-refractivity contribution is 9.10. The summed E-state index contributed by atoms with van der Waals surface area (Å²) in [6.45, 7) is 6.05. The van der Waals surface area contributed by atoms with Gasteiger partial charge in [-0.05, 0) is 52.4 Å². The number of aliphatic hydroxyl groups excluding tert-OH is 2. The molecule has 0 radical (unpaired) electrons. The van der Waals surface area contributed by atoms with Gasteiger partial charge in [0.05, 0.1) is 24.3 Å². The molecule has 0 bridgehead atoms. The highest BCUT2D eigenvalue weighted by atomic mass is 79.9. The number of nitrogens with two attached hydrogens (primary N) is 1. The highest BCUT2D eigenvalue weighted by Crippen LogP contribution is 2.50. The molecular formula is C24H32BrClFN3O3S. The molecule has 10 heteroatoms. The molecule has 0 unspecified atom stereocenters. The molecule has 5 atom stereocenters. The third-order valence-corrected chi connectivity index (χ3v) is 8.20. The van der Waals surface area contributed by atoms with Crippen molar-refractivity contribution in [3.05, 3.63) is 55.4 Å². The molecule has 1 fully saturated rings. The Morgan fingerprint density at radius 2 is 2.12 bits per heavy atom. The van der Waals surface area contributed by atoms with Crippen LogP contribution in [0.15, 0.2) is 34.1 Å². The van der Waals surface area contributed by atoms with E-state index in [1.54, 1.807) is 12.1 Å². The van der Waals surface area contributed by atoms with Crippen molar-refractivity contribution in [1.82, 2.24) is 10.6 Å². The molecule has 0 aliphatic carbocycles. The van der Waals surface area contributed by atoms with Crippen LogP contribution < -0.4 is 16.4 Å². The van der Waals surface area contributed by atoms with E-state index in [-0.39, 0.29) is 35.9 Å². The molecule has 1 aliphatic rings. The molecule has 1 aliphatic heterocycles. The second-order valence-corrected chi connectivity index (χ2v) is 12.4. The van der Waals surface area contributed by atoms with Gasteiger partial charge in [-0.2, -0.15) is 0 Å². The fourth-order valence-electron chi connectivity index (χ4n) is 4.66. The Morgan fingerprint density at radius 1 is 1.41 bits per heavy atom. The molecule has 3 rings (SSSR count). The fraction of sp³-hybridized carbons (Fsp3) is 0.542. The molecule has 2 heterocycles. The van der Waals surface area contributed by atoms with Crippen molar-refractivity contribution >= 4 is 44.8 Å². The lowest BCUT2D eigenvalue weighted by Gasteiger charge is -2.39. The molecule has 6 N–H and O–H groups in total. The van der Waals surface area contributed by atoms with Crippen LogP contribution in [-0.4, -0.2) is 47.5 Å². The lowest BCUT2D eigenvalue weighted by Crippen LogP contribution is -2.52. The molecule has 34 heavy (non-hydrogen) atoms. The maximum atomic E-state index is 15.4. The molecule has 1 amide bonds. The number of carbonyl (C=O) groups excluding carboxylic acids is 1. The first-order chi connectivity index (χ1) is 15.9. The number of aliphatic hydroxyl groups is 2. The number of rotatable bonds is 8. The van der Waals surface area contributed by atoms with Gasteiger partial charge in [0.1, 0.15) is 5.82 Å². The predicted octanol–water partition coefficient (Wildman–Crippen LogP) is 3.88. The maximum Gasteiger partial charge on any atom is 0.237 e. The second-order valence-electron chi connectivity index (χ2n) is 10.1. The predicted molar refractivity (Wildman–Crippen MR) is 138 cm³/mol. The zero-order chi connectivity index (χ0) is 25.3. The van der Waals surface area contributed by atoms with Gasteiger partial charge in [-0.15, -0.1) is 11.3 Å². The van der Waals surface area contributed by atoms with Gasteiger partial charge in [0, 0.05) is 43.8 Å². The van der Waals surface area contributed by atoms with Crippen LogP contribution in [-0.2, 0) is 10.3 Å². The fourth-order valence-corrected chi connectivity index (χ4v) is 6.49. The Labute approximate surface area is 217 Å². The van der Waals surface area contributed by atoms with Crippen molar-refractivity contribution in [3.63, 3.8) is 0 Å². The summed E-state index contributed by atoms with van der Waals surface area (Å²) in [5, 5.41) is 27.1. The topological polar surface area (TPSA) is 108 Å². The van der Waals surface area contributed by atoms with Crippen LogP contribution in [0.1, 0.15) is 50.0 Å². The standard InChI is InChI=1S/C24H32BrClFN3O3S/c1-23(2,3)10-19-24(28,16-5-4-14(26)9-17(16)27)20(18-8-13(25)12-34-18)21(30-19)22(33)29-7-6-15(32)11-31/h4-5,8-9,12,15,19-21,30-32H,6-7,10-11,28H2,1-3H3,(H,29,33)/t15-,19-,20-,21+,24+/m0/s1. The first-order valence-corrected chi connectivity index (χ1v) is 13.2. The number of hydrogen-bond donors (Lipinski definition) is 5. The van der Waals surface area contributed by atoms with Gasteiger partial charge < -0.3 is 26.6 Å². The van der Waals surface area contributed by atoms with E-state index in [9.17, 15) is 9.90 Å². The summed E-state index contributed by atoms with van der Waals surface area (Å²) in [5.74, 6) is -1.36. The second kappa shape index (κ2) is 10.9. The van der Waals surface area contributed by atoms with Crippen LogP contribution in [0.4, 0.5) is 4.39 Å². The van der Waals surface area contributed by atoms with Crippen molar-refractivity contribution in [2.45, 2.75) is 63.3 Å². The van der Waals surface area contributed by atoms with E-state index >= 15 is 4.39 Å². The van der Waals surface area contributed by atoms with Gasteiger partial charge in [-0.1, -0.05) is 38.4 Å². The van der Waals surface area contributed by atoms with E-state index in [1.807, 2.05) is 11.4 Å². The van der Waals surface area contributed by atoms with E-state index in [2.05, 4.69) is 47.3 Å². The van der Waals surface area contributed by atoms with Crippen LogP contribution in [0.25, 0.3) is 0 Å². The Kier molecular flexibility index (Phi) is 8.82. The van der Waals surface area contributed by atoms with Crippen molar-refractivity contribution < 1.29 is 19.4 Å². The molecule has 1 aromatic carbocycles. The van der Waals surface area contributed by atoms with Crippen molar-refractivity contribution in [3.8, 4) is 0 Å². The average Bonchev–Trinajstić information content (AvgIpc) is 3.27. The van der Waals surface area contributed by atoms with E-state index in [0.29, 0.717) is 12.0 Å². The van der Waals surface area contributed by atoms with E-state index in [0.717, 1.165) is 9.35 Å². The van der Waals surface area contributed by atoms with Crippen LogP contribution in [0.5, 0.6) is 0 Å². The minimum Gasteiger partial charge on any atom is -0.394 e. The number of nitrogens with one attached hydrogen (secondary N) is 2. The molecule has 1 saturated heterocycles. The van der Waals surface area contributed by atoms with Crippen LogP contribution in [0.2, 0.25) is 5.02 Å². The molecule has 188 valence electrons. The van der Waals surface area contributed by atoms with Gasteiger partial charge >= 0.3 is 0 Å². The number of halogens is 3. The Morgan fingerprint density at radius 3 is 2.68 bits per heavy atom. The van der Waals surface area contributed by atoms with Crippen LogP contribution in [0, 0.1) is 11.2 Å². The summed E-state index contributed by atoms with van der Waals surface area (Å²) in [5.41, 5.74) is 6.10. The highest BCUT2D eigenvalue weighted by Gasteiger charge is 2.58. The van der Waals surface area contributed by atoms with Gasteiger partial charge in [0.25, 0.3) is 0 Å². The van der Waals surface area contributed by atoms with E-state index in [4.69, 9.17) is 22.4 Å². The normalized spacial score (nSPS) is 26.0. The van der Waals surface area contributed by atoms with Crippen molar-refractivity contribution in [2.75, 3.05) is 13.2 Å². The summed E-state index contributed by atoms with van der Waals surface area (Å²) in [6, 6.07) is 5.26. The lowest BCUT2D eigenvalue weighted by molar-refractivity contribution is -0.123. The number of thiophene rings is 1. The van der Waals surface area contributed by atoms with Gasteiger partial charge in [0.2, 0.25) is 5.91 Å². The van der Waals surface area contributed by atoms with E-state index < -0.39 is 35.5 Å². The zero-order valence-electron chi connectivity index (χ0n) is 19.4. The summed E-state index contributed by atoms with van der Waals surface area (Å²) in [6.07, 6.45) is -0.0946. The minimum atomic E-state index is -1.24. The first-order valence-electron chi connectivity index (χ1n) is 11.2. The third kappa shape index (κ3) is 6.00. The largest absolute Gasteiger partial charge is 0.394 e. The summed E-state index contributed by atoms with van der Waals surface area (Å²) >= 11 is 11.0. The Balaban J connectivity index is 2.08. The number of amides is 1. The molecule has 0 saturated carbocycles. The average molecular weight is 577 g/mol. The van der Waals surface area contributed by atoms with Gasteiger partial charge in [-0.25, -0.2) is 4.39 Å². The number of hydrogen-bond acceptors (Lipinski definition) is 6. The zero-order valence-corrected chi connectivity index (χ0v) is 22.6. The SMILES string of the molecule is CC(C)(C)C[C@@H]1N[C@@H](C(=O)NCC[C@H](O)CO)[C@H](c2cc(Br)cs2)[C@@]1(N)c1ccc(Cl)cc1F. The van der Waals surface area contributed by atoms with Gasteiger partial charge in [-0.3, -0.25) is 4.79 Å². The van der Waals surface area contributed by atoms with Crippen LogP contribution >= 0.6 is 38.9 Å². The molecule has 2 aromatic rings. The molecule has 6 nitrogen and oxygen atoms in total. The monoisotopic (exact) mass is 575 g/mol. The number of carbonyl (C=O) groups is 1. The Bertz CT molecular complexity index is 1020. The lowest BCUT2D eigenvalue weighted by atomic mass is 9.70. The summed E-state index contributed by atoms with van der Waals surface area (Å²) < 4.78 is 16.2. The van der Waals surface area contributed by atoms with Gasteiger partial charge in [0.15, 0.2) is 0 Å². The molecular weight excluding hydrogens is 545 g/mol. The third-order valence-electron chi connectivity index (χ3n) is 6.18. The minimum absolute atomic E-state index is 0.150. The Hall–Kier alpha value is -1.07. The van der Waals surface area contributed by atoms with Crippen molar-refractivity contribution in [2.24, 2.45) is 11.1 Å². The summed E-state index contributed by atoms with van der Waals surface area (Å²) in [7, 11) is 0.